The number of pyridine rings is 1. The predicted molar refractivity (Wildman–Crippen MR) is 108 cm³/mol. The van der Waals surface area contributed by atoms with Crippen molar-refractivity contribution in [1.82, 2.24) is 4.98 Å². The molecule has 2 aliphatic rings. The Labute approximate surface area is 165 Å². The Bertz CT molecular complexity index is 877. The van der Waals surface area contributed by atoms with Gasteiger partial charge >= 0.3 is 0 Å². The molecule has 1 aliphatic heterocycles. The zero-order valence-corrected chi connectivity index (χ0v) is 16.4. The van der Waals surface area contributed by atoms with E-state index >= 15 is 0 Å². The molecule has 1 unspecified atom stereocenters. The zero-order valence-electron chi connectivity index (χ0n) is 16.4. The molecule has 1 fully saturated rings. The van der Waals surface area contributed by atoms with E-state index < -0.39 is 0 Å². The Kier molecular flexibility index (Phi) is 5.22. The lowest BCUT2D eigenvalue weighted by atomic mass is 9.98. The van der Waals surface area contributed by atoms with Crippen molar-refractivity contribution in [2.45, 2.75) is 45.8 Å². The van der Waals surface area contributed by atoms with Crippen LogP contribution in [0.5, 0.6) is 11.5 Å². The molecular formula is C22H27N3O3. The average Bonchev–Trinajstić information content (AvgIpc) is 3.51. The van der Waals surface area contributed by atoms with Crippen LogP contribution < -0.4 is 20.5 Å². The fourth-order valence-corrected chi connectivity index (χ4v) is 3.46. The molecule has 0 spiro atoms. The van der Waals surface area contributed by atoms with Crippen LogP contribution >= 0.6 is 0 Å². The summed E-state index contributed by atoms with van der Waals surface area (Å²) in [5.41, 5.74) is 9.12. The van der Waals surface area contributed by atoms with Gasteiger partial charge in [-0.3, -0.25) is 4.79 Å². The van der Waals surface area contributed by atoms with Gasteiger partial charge in [-0.05, 0) is 48.9 Å². The van der Waals surface area contributed by atoms with Crippen molar-refractivity contribution in [1.29, 1.82) is 0 Å². The number of nitrogens with zero attached hydrogens (tertiary/aromatic N) is 1. The van der Waals surface area contributed by atoms with E-state index in [-0.39, 0.29) is 17.9 Å². The van der Waals surface area contributed by atoms with Crippen LogP contribution in [0.1, 0.15) is 38.7 Å². The van der Waals surface area contributed by atoms with Gasteiger partial charge in [0.15, 0.2) is 0 Å². The third kappa shape index (κ3) is 4.28. The number of aromatic nitrogens is 1. The van der Waals surface area contributed by atoms with Crippen molar-refractivity contribution in [2.75, 3.05) is 11.9 Å². The molecule has 4 rings (SSSR count). The first-order valence-corrected chi connectivity index (χ1v) is 9.95. The highest BCUT2D eigenvalue weighted by Crippen LogP contribution is 2.40. The Balaban J connectivity index is 1.49. The lowest BCUT2D eigenvalue weighted by molar-refractivity contribution is -0.117. The largest absolute Gasteiger partial charge is 0.492 e. The third-order valence-corrected chi connectivity index (χ3v) is 5.05. The van der Waals surface area contributed by atoms with Gasteiger partial charge in [-0.2, -0.15) is 0 Å². The lowest BCUT2D eigenvalue weighted by Crippen LogP contribution is -2.29. The van der Waals surface area contributed by atoms with Crippen molar-refractivity contribution in [3.8, 4) is 22.6 Å². The number of nitrogens with one attached hydrogen (secondary N) is 1. The summed E-state index contributed by atoms with van der Waals surface area (Å²) in [6.45, 7) is 5.23. The van der Waals surface area contributed by atoms with Crippen LogP contribution in [0.4, 0.5) is 5.82 Å². The van der Waals surface area contributed by atoms with Crippen molar-refractivity contribution < 1.29 is 14.3 Å². The molecule has 0 saturated heterocycles. The molecule has 3 N–H and O–H groups in total. The van der Waals surface area contributed by atoms with Crippen LogP contribution in [0.3, 0.4) is 0 Å². The number of rotatable bonds is 7. The molecule has 1 aliphatic carbocycles. The summed E-state index contributed by atoms with van der Waals surface area (Å²) in [4.78, 5) is 16.4. The number of benzene rings is 1. The highest BCUT2D eigenvalue weighted by molar-refractivity contribution is 5.94. The SMILES string of the molecule is CC(C)CC(N)COc1ccc2c(c1)OCc1cnc(NC(=O)C3CC3)cc1-2. The molecule has 0 bridgehead atoms. The maximum Gasteiger partial charge on any atom is 0.228 e. The van der Waals surface area contributed by atoms with Crippen LogP contribution in [0, 0.1) is 11.8 Å². The number of amides is 1. The van der Waals surface area contributed by atoms with Gasteiger partial charge in [-0.15, -0.1) is 0 Å². The molecule has 2 aromatic rings. The summed E-state index contributed by atoms with van der Waals surface area (Å²) in [5, 5.41) is 2.91. The van der Waals surface area contributed by atoms with Gasteiger partial charge in [-0.1, -0.05) is 13.8 Å². The number of hydrogen-bond acceptors (Lipinski definition) is 5. The highest BCUT2D eigenvalue weighted by Gasteiger charge is 2.30. The molecule has 6 nitrogen and oxygen atoms in total. The van der Waals surface area contributed by atoms with E-state index in [1.165, 1.54) is 0 Å². The second-order valence-corrected chi connectivity index (χ2v) is 8.14. The van der Waals surface area contributed by atoms with Gasteiger partial charge in [0.25, 0.3) is 0 Å². The van der Waals surface area contributed by atoms with Gasteiger partial charge in [0.05, 0.1) is 0 Å². The molecule has 28 heavy (non-hydrogen) atoms. The van der Waals surface area contributed by atoms with E-state index in [0.717, 1.165) is 47.5 Å². The summed E-state index contributed by atoms with van der Waals surface area (Å²) in [5.74, 6) is 2.86. The van der Waals surface area contributed by atoms with E-state index in [1.54, 1.807) is 6.20 Å². The van der Waals surface area contributed by atoms with Crippen LogP contribution in [0.2, 0.25) is 0 Å². The second-order valence-electron chi connectivity index (χ2n) is 8.14. The minimum absolute atomic E-state index is 0.0152. The first-order valence-electron chi connectivity index (χ1n) is 9.95. The fourth-order valence-electron chi connectivity index (χ4n) is 3.46. The first-order chi connectivity index (χ1) is 13.5. The Morgan fingerprint density at radius 3 is 2.89 bits per heavy atom. The number of ether oxygens (including phenoxy) is 2. The van der Waals surface area contributed by atoms with Crippen molar-refractivity contribution in [3.05, 3.63) is 36.0 Å². The highest BCUT2D eigenvalue weighted by atomic mass is 16.5. The maximum atomic E-state index is 12.0. The van der Waals surface area contributed by atoms with E-state index in [0.29, 0.717) is 24.9 Å². The molecule has 6 heteroatoms. The number of anilines is 1. The van der Waals surface area contributed by atoms with Gasteiger partial charge in [0, 0.05) is 35.3 Å². The number of hydrogen-bond donors (Lipinski definition) is 2. The molecule has 2 heterocycles. The molecule has 1 amide bonds. The Morgan fingerprint density at radius 2 is 2.14 bits per heavy atom. The van der Waals surface area contributed by atoms with Gasteiger partial charge < -0.3 is 20.5 Å². The summed E-state index contributed by atoms with van der Waals surface area (Å²) >= 11 is 0. The predicted octanol–water partition coefficient (Wildman–Crippen LogP) is 3.74. The monoisotopic (exact) mass is 381 g/mol. The zero-order chi connectivity index (χ0) is 19.7. The Morgan fingerprint density at radius 1 is 1.32 bits per heavy atom. The van der Waals surface area contributed by atoms with E-state index in [4.69, 9.17) is 15.2 Å². The summed E-state index contributed by atoms with van der Waals surface area (Å²) in [7, 11) is 0. The molecule has 1 aromatic heterocycles. The average molecular weight is 381 g/mol. The van der Waals surface area contributed by atoms with Crippen LogP contribution in [-0.4, -0.2) is 23.5 Å². The molecule has 148 valence electrons. The van der Waals surface area contributed by atoms with Gasteiger partial charge in [0.2, 0.25) is 5.91 Å². The summed E-state index contributed by atoms with van der Waals surface area (Å²) < 4.78 is 11.8. The third-order valence-electron chi connectivity index (χ3n) is 5.05. The quantitative estimate of drug-likeness (QED) is 0.763. The molecule has 1 aromatic carbocycles. The van der Waals surface area contributed by atoms with Gasteiger partial charge in [0.1, 0.15) is 30.5 Å². The van der Waals surface area contributed by atoms with Gasteiger partial charge in [-0.25, -0.2) is 4.98 Å². The summed E-state index contributed by atoms with van der Waals surface area (Å²) in [6, 6.07) is 7.77. The second kappa shape index (κ2) is 7.80. The lowest BCUT2D eigenvalue weighted by Gasteiger charge is -2.22. The van der Waals surface area contributed by atoms with E-state index in [1.807, 2.05) is 24.3 Å². The van der Waals surface area contributed by atoms with Crippen LogP contribution in [0.25, 0.3) is 11.1 Å². The topological polar surface area (TPSA) is 86.5 Å². The van der Waals surface area contributed by atoms with Crippen LogP contribution in [-0.2, 0) is 11.4 Å². The normalized spacial score (nSPS) is 16.0. The summed E-state index contributed by atoms with van der Waals surface area (Å²) in [6.07, 6.45) is 4.64. The molecule has 0 radical (unpaired) electrons. The number of fused-ring (bicyclic) bond motifs is 3. The fraction of sp³-hybridized carbons (Fsp3) is 0.455. The van der Waals surface area contributed by atoms with Crippen molar-refractivity contribution >= 4 is 11.7 Å². The molecule has 1 atom stereocenters. The number of carbonyl (C=O) groups excluding carboxylic acids is 1. The first kappa shape index (κ1) is 18.7. The standard InChI is InChI=1S/C22H27N3O3/c1-13(2)7-16(23)12-27-17-5-6-18-19-9-21(25-22(26)14-3-4-14)24-10-15(19)11-28-20(18)8-17/h5-6,8-10,13-14,16H,3-4,7,11-12,23H2,1-2H3,(H,24,25,26). The van der Waals surface area contributed by atoms with Crippen molar-refractivity contribution in [2.24, 2.45) is 17.6 Å². The minimum atomic E-state index is 0.0152. The molecule has 1 saturated carbocycles. The van der Waals surface area contributed by atoms with E-state index in [2.05, 4.69) is 24.1 Å². The van der Waals surface area contributed by atoms with Crippen LogP contribution in [0.15, 0.2) is 30.5 Å². The maximum absolute atomic E-state index is 12.0. The number of nitrogens with two attached hydrogens (primary N) is 1. The van der Waals surface area contributed by atoms with Crippen molar-refractivity contribution in [3.63, 3.8) is 0 Å². The minimum Gasteiger partial charge on any atom is -0.492 e. The number of carbonyl (C=O) groups is 1. The smallest absolute Gasteiger partial charge is 0.228 e. The Hall–Kier alpha value is -2.60. The van der Waals surface area contributed by atoms with E-state index in [9.17, 15) is 4.79 Å². The molecular weight excluding hydrogens is 354 g/mol.